The molecule has 66 valence electrons. The highest BCUT2D eigenvalue weighted by Crippen LogP contribution is 2.24. The Hall–Kier alpha value is -0.890. The number of hydrogen-bond acceptors (Lipinski definition) is 2. The van der Waals surface area contributed by atoms with Gasteiger partial charge in [-0.3, -0.25) is 0 Å². The predicted molar refractivity (Wildman–Crippen MR) is 48.9 cm³/mol. The van der Waals surface area contributed by atoms with Gasteiger partial charge in [-0.05, 0) is 18.6 Å². The monoisotopic (exact) mass is 186 g/mol. The summed E-state index contributed by atoms with van der Waals surface area (Å²) in [5, 5.41) is 9.62. The van der Waals surface area contributed by atoms with Crippen LogP contribution in [0.4, 0.5) is 0 Å². The second kappa shape index (κ2) is 4.21. The summed E-state index contributed by atoms with van der Waals surface area (Å²) < 4.78 is 5.27. The summed E-state index contributed by atoms with van der Waals surface area (Å²) in [7, 11) is 0. The van der Waals surface area contributed by atoms with Crippen LogP contribution in [0.3, 0.4) is 0 Å². The topological polar surface area (TPSA) is 29.5 Å². The Kier molecular flexibility index (Phi) is 3.23. The number of phenolic OH excluding ortho intramolecular Hbond substituents is 1. The number of hydrogen-bond donors (Lipinski definition) is 1. The van der Waals surface area contributed by atoms with Crippen LogP contribution in [0, 0.1) is 0 Å². The van der Waals surface area contributed by atoms with Crippen molar-refractivity contribution in [3.63, 3.8) is 0 Å². The van der Waals surface area contributed by atoms with Crippen LogP contribution in [0.1, 0.15) is 13.3 Å². The molecule has 0 bridgehead atoms. The SMILES string of the molecule is CCCOc1cc(O)cc(Cl)c1. The van der Waals surface area contributed by atoms with E-state index in [1.165, 1.54) is 6.07 Å². The Morgan fingerprint density at radius 1 is 1.42 bits per heavy atom. The van der Waals surface area contributed by atoms with Gasteiger partial charge in [0.1, 0.15) is 11.5 Å². The zero-order valence-corrected chi connectivity index (χ0v) is 7.64. The maximum atomic E-state index is 9.13. The summed E-state index contributed by atoms with van der Waals surface area (Å²) in [6.45, 7) is 2.66. The summed E-state index contributed by atoms with van der Waals surface area (Å²) in [4.78, 5) is 0. The van der Waals surface area contributed by atoms with Crippen LogP contribution in [0.2, 0.25) is 5.02 Å². The smallest absolute Gasteiger partial charge is 0.124 e. The summed E-state index contributed by atoms with van der Waals surface area (Å²) in [5.41, 5.74) is 0. The fraction of sp³-hybridized carbons (Fsp3) is 0.333. The molecular formula is C9H11ClO2. The molecule has 1 N–H and O–H groups in total. The quantitative estimate of drug-likeness (QED) is 0.787. The van der Waals surface area contributed by atoms with Gasteiger partial charge in [-0.1, -0.05) is 18.5 Å². The highest BCUT2D eigenvalue weighted by Gasteiger charge is 1.98. The largest absolute Gasteiger partial charge is 0.508 e. The van der Waals surface area contributed by atoms with E-state index in [9.17, 15) is 0 Å². The second-order valence-corrected chi connectivity index (χ2v) is 2.93. The molecule has 0 aromatic heterocycles. The second-order valence-electron chi connectivity index (χ2n) is 2.49. The number of aromatic hydroxyl groups is 1. The van der Waals surface area contributed by atoms with Gasteiger partial charge in [-0.25, -0.2) is 0 Å². The Bertz CT molecular complexity index is 240. The van der Waals surface area contributed by atoms with Crippen LogP contribution in [0.25, 0.3) is 0 Å². The molecule has 0 aliphatic rings. The molecule has 0 saturated heterocycles. The Labute approximate surface area is 76.7 Å². The first-order valence-electron chi connectivity index (χ1n) is 3.84. The molecule has 0 spiro atoms. The molecule has 12 heavy (non-hydrogen) atoms. The number of phenols is 1. The lowest BCUT2D eigenvalue weighted by Crippen LogP contribution is -1.94. The van der Waals surface area contributed by atoms with Gasteiger partial charge in [-0.15, -0.1) is 0 Å². The lowest BCUT2D eigenvalue weighted by Gasteiger charge is -2.04. The molecule has 3 heteroatoms. The molecule has 2 nitrogen and oxygen atoms in total. The molecule has 0 radical (unpaired) electrons. The standard InChI is InChI=1S/C9H11ClO2/c1-2-3-12-9-5-7(10)4-8(11)6-9/h4-6,11H,2-3H2,1H3. The summed E-state index contributed by atoms with van der Waals surface area (Å²) >= 11 is 5.69. The Morgan fingerprint density at radius 2 is 2.17 bits per heavy atom. The summed E-state index contributed by atoms with van der Waals surface area (Å²) in [6.07, 6.45) is 0.938. The Morgan fingerprint density at radius 3 is 2.75 bits per heavy atom. The molecule has 0 amide bonds. The summed E-state index contributed by atoms with van der Waals surface area (Å²) in [6, 6.07) is 4.69. The molecule has 0 aliphatic carbocycles. The van der Waals surface area contributed by atoms with Crippen LogP contribution in [-0.4, -0.2) is 11.7 Å². The van der Waals surface area contributed by atoms with Crippen molar-refractivity contribution in [3.8, 4) is 11.5 Å². The third-order valence-corrected chi connectivity index (χ3v) is 1.55. The van der Waals surface area contributed by atoms with Crippen molar-refractivity contribution in [2.75, 3.05) is 6.61 Å². The fourth-order valence-corrected chi connectivity index (χ4v) is 1.07. The highest BCUT2D eigenvalue weighted by atomic mass is 35.5. The minimum Gasteiger partial charge on any atom is -0.508 e. The Balaban J connectivity index is 2.72. The van der Waals surface area contributed by atoms with Gasteiger partial charge < -0.3 is 9.84 Å². The molecule has 0 saturated carbocycles. The van der Waals surface area contributed by atoms with E-state index < -0.39 is 0 Å². The molecule has 0 fully saturated rings. The number of ether oxygens (including phenoxy) is 1. The highest BCUT2D eigenvalue weighted by molar-refractivity contribution is 6.30. The van der Waals surface area contributed by atoms with Crippen molar-refractivity contribution in [1.29, 1.82) is 0 Å². The van der Waals surface area contributed by atoms with Gasteiger partial charge in [0, 0.05) is 11.1 Å². The van der Waals surface area contributed by atoms with E-state index in [1.54, 1.807) is 12.1 Å². The zero-order chi connectivity index (χ0) is 8.97. The lowest BCUT2D eigenvalue weighted by atomic mass is 10.3. The molecule has 1 aromatic carbocycles. The molecule has 0 heterocycles. The van der Waals surface area contributed by atoms with E-state index >= 15 is 0 Å². The maximum absolute atomic E-state index is 9.13. The number of benzene rings is 1. The van der Waals surface area contributed by atoms with Crippen LogP contribution in [0.5, 0.6) is 11.5 Å². The van der Waals surface area contributed by atoms with Crippen molar-refractivity contribution in [2.24, 2.45) is 0 Å². The first-order valence-corrected chi connectivity index (χ1v) is 4.22. The molecule has 1 rings (SSSR count). The first-order chi connectivity index (χ1) is 5.72. The lowest BCUT2D eigenvalue weighted by molar-refractivity contribution is 0.315. The van der Waals surface area contributed by atoms with Crippen molar-refractivity contribution >= 4 is 11.6 Å². The van der Waals surface area contributed by atoms with E-state index in [0.717, 1.165) is 6.42 Å². The minimum atomic E-state index is 0.133. The summed E-state index contributed by atoms with van der Waals surface area (Å²) in [5.74, 6) is 0.746. The van der Waals surface area contributed by atoms with E-state index in [4.69, 9.17) is 21.4 Å². The van der Waals surface area contributed by atoms with E-state index in [0.29, 0.717) is 17.4 Å². The van der Waals surface area contributed by atoms with Crippen molar-refractivity contribution in [3.05, 3.63) is 23.2 Å². The zero-order valence-electron chi connectivity index (χ0n) is 6.88. The normalized spacial score (nSPS) is 9.83. The fourth-order valence-electron chi connectivity index (χ4n) is 0.851. The van der Waals surface area contributed by atoms with Gasteiger partial charge in [0.2, 0.25) is 0 Å². The molecule has 0 aliphatic heterocycles. The van der Waals surface area contributed by atoms with Gasteiger partial charge in [0.05, 0.1) is 6.61 Å². The van der Waals surface area contributed by atoms with E-state index in [2.05, 4.69) is 0 Å². The third-order valence-electron chi connectivity index (χ3n) is 1.33. The van der Waals surface area contributed by atoms with E-state index in [-0.39, 0.29) is 5.75 Å². The van der Waals surface area contributed by atoms with Crippen LogP contribution in [0.15, 0.2) is 18.2 Å². The molecule has 0 unspecified atom stereocenters. The van der Waals surface area contributed by atoms with E-state index in [1.807, 2.05) is 6.92 Å². The van der Waals surface area contributed by atoms with Crippen molar-refractivity contribution in [2.45, 2.75) is 13.3 Å². The van der Waals surface area contributed by atoms with Crippen LogP contribution in [-0.2, 0) is 0 Å². The van der Waals surface area contributed by atoms with Gasteiger partial charge >= 0.3 is 0 Å². The molecule has 1 aromatic rings. The first kappa shape index (κ1) is 9.20. The number of rotatable bonds is 3. The van der Waals surface area contributed by atoms with Crippen LogP contribution < -0.4 is 4.74 Å². The number of halogens is 1. The molecule has 0 atom stereocenters. The van der Waals surface area contributed by atoms with Gasteiger partial charge in [-0.2, -0.15) is 0 Å². The average molecular weight is 187 g/mol. The van der Waals surface area contributed by atoms with Crippen molar-refractivity contribution < 1.29 is 9.84 Å². The predicted octanol–water partition coefficient (Wildman–Crippen LogP) is 2.83. The van der Waals surface area contributed by atoms with Gasteiger partial charge in [0.25, 0.3) is 0 Å². The van der Waals surface area contributed by atoms with Crippen LogP contribution >= 0.6 is 11.6 Å². The average Bonchev–Trinajstić information content (AvgIpc) is 1.99. The third kappa shape index (κ3) is 2.62. The maximum Gasteiger partial charge on any atom is 0.124 e. The van der Waals surface area contributed by atoms with Gasteiger partial charge in [0.15, 0.2) is 0 Å². The van der Waals surface area contributed by atoms with Crippen molar-refractivity contribution in [1.82, 2.24) is 0 Å². The molecular weight excluding hydrogens is 176 g/mol. The minimum absolute atomic E-state index is 0.133.